The highest BCUT2D eigenvalue weighted by molar-refractivity contribution is 6.30. The number of allylic oxidation sites excluding steroid dienone is 1. The van der Waals surface area contributed by atoms with Gasteiger partial charge in [0.25, 0.3) is 0 Å². The first-order chi connectivity index (χ1) is 13.6. The number of carbonyl (C=O) groups is 1. The molecule has 0 bridgehead atoms. The number of likely N-dealkylation sites (tertiary alicyclic amines) is 1. The Labute approximate surface area is 180 Å². The topological polar surface area (TPSA) is 29.5 Å². The van der Waals surface area contributed by atoms with E-state index < -0.39 is 0 Å². The maximum atomic E-state index is 12.9. The van der Waals surface area contributed by atoms with Crippen LogP contribution < -0.4 is 0 Å². The Morgan fingerprint density at radius 3 is 2.83 bits per heavy atom. The van der Waals surface area contributed by atoms with E-state index in [0.717, 1.165) is 44.5 Å². The first kappa shape index (κ1) is 21.9. The van der Waals surface area contributed by atoms with Gasteiger partial charge in [-0.05, 0) is 63.3 Å². The van der Waals surface area contributed by atoms with Crippen LogP contribution >= 0.6 is 11.6 Å². The van der Waals surface area contributed by atoms with E-state index in [-0.39, 0.29) is 16.9 Å². The molecular formula is C25H32ClNO2. The number of halogens is 1. The third-order valence-corrected chi connectivity index (χ3v) is 6.24. The largest absolute Gasteiger partial charge is 0.376 e. The summed E-state index contributed by atoms with van der Waals surface area (Å²) in [6.07, 6.45) is 5.49. The van der Waals surface area contributed by atoms with Gasteiger partial charge in [0, 0.05) is 42.1 Å². The van der Waals surface area contributed by atoms with E-state index in [1.165, 1.54) is 5.57 Å². The zero-order chi connectivity index (χ0) is 21.1. The van der Waals surface area contributed by atoms with Crippen molar-refractivity contribution < 1.29 is 9.53 Å². The average molecular weight is 414 g/mol. The van der Waals surface area contributed by atoms with Gasteiger partial charge >= 0.3 is 0 Å². The van der Waals surface area contributed by atoms with Gasteiger partial charge < -0.3 is 9.64 Å². The predicted octanol–water partition coefficient (Wildman–Crippen LogP) is 5.47. The van der Waals surface area contributed by atoms with E-state index in [9.17, 15) is 4.79 Å². The maximum absolute atomic E-state index is 12.9. The van der Waals surface area contributed by atoms with Gasteiger partial charge in [-0.15, -0.1) is 0 Å². The fourth-order valence-corrected chi connectivity index (χ4v) is 4.60. The van der Waals surface area contributed by atoms with Crippen LogP contribution in [0.15, 0.2) is 35.9 Å². The van der Waals surface area contributed by atoms with Gasteiger partial charge in [-0.25, -0.2) is 0 Å². The molecule has 2 aliphatic rings. The molecule has 1 amide bonds. The van der Waals surface area contributed by atoms with E-state index in [2.05, 4.69) is 39.5 Å². The number of hydrogen-bond donors (Lipinski definition) is 0. The Bertz CT molecular complexity index is 844. The van der Waals surface area contributed by atoms with Crippen molar-refractivity contribution in [2.24, 2.45) is 11.3 Å². The Balaban J connectivity index is 1.60. The number of rotatable bonds is 2. The van der Waals surface area contributed by atoms with E-state index in [4.69, 9.17) is 16.3 Å². The zero-order valence-corrected chi connectivity index (χ0v) is 18.8. The van der Waals surface area contributed by atoms with E-state index >= 15 is 0 Å². The SMILES string of the molecule is CC1(C)CC(CC(=O)N2CC/C(=C\C#Cc3cccc(Cl)c3)C(C)(C)C2)CCO1. The Morgan fingerprint density at radius 1 is 1.34 bits per heavy atom. The summed E-state index contributed by atoms with van der Waals surface area (Å²) in [5.41, 5.74) is 2.05. The normalized spacial score (nSPS) is 24.7. The molecule has 2 heterocycles. The van der Waals surface area contributed by atoms with E-state index in [1.807, 2.05) is 35.2 Å². The van der Waals surface area contributed by atoms with Crippen LogP contribution in [0, 0.1) is 23.2 Å². The summed E-state index contributed by atoms with van der Waals surface area (Å²) in [5.74, 6) is 7.06. The highest BCUT2D eigenvalue weighted by atomic mass is 35.5. The van der Waals surface area contributed by atoms with Gasteiger partial charge in [0.1, 0.15) is 0 Å². The van der Waals surface area contributed by atoms with Crippen LogP contribution in [0.5, 0.6) is 0 Å². The van der Waals surface area contributed by atoms with E-state index in [0.29, 0.717) is 17.4 Å². The summed E-state index contributed by atoms with van der Waals surface area (Å²) < 4.78 is 5.79. The Hall–Kier alpha value is -1.76. The molecule has 2 saturated heterocycles. The average Bonchev–Trinajstić information content (AvgIpc) is 2.62. The third kappa shape index (κ3) is 6.11. The van der Waals surface area contributed by atoms with Crippen molar-refractivity contribution >= 4 is 17.5 Å². The second-order valence-corrected chi connectivity index (χ2v) is 10.0. The van der Waals surface area contributed by atoms with E-state index in [1.54, 1.807) is 0 Å². The summed E-state index contributed by atoms with van der Waals surface area (Å²) >= 11 is 6.02. The molecule has 2 fully saturated rings. The van der Waals surface area contributed by atoms with Gasteiger partial charge in [0.15, 0.2) is 0 Å². The molecule has 1 aromatic rings. The number of piperidine rings is 1. The lowest BCUT2D eigenvalue weighted by Crippen LogP contribution is -2.46. The molecule has 0 spiro atoms. The molecule has 2 aliphatic heterocycles. The molecule has 0 aliphatic carbocycles. The minimum atomic E-state index is -0.109. The molecule has 1 unspecified atom stereocenters. The molecule has 3 rings (SSSR count). The minimum absolute atomic E-state index is 0.0636. The summed E-state index contributed by atoms with van der Waals surface area (Å²) in [6.45, 7) is 10.9. The van der Waals surface area contributed by atoms with Crippen LogP contribution in [0.2, 0.25) is 5.02 Å². The van der Waals surface area contributed by atoms with Gasteiger partial charge in [0.2, 0.25) is 5.91 Å². The van der Waals surface area contributed by atoms with Crippen molar-refractivity contribution in [2.75, 3.05) is 19.7 Å². The second-order valence-electron chi connectivity index (χ2n) is 9.57. The molecule has 156 valence electrons. The Kier molecular flexibility index (Phi) is 6.76. The van der Waals surface area contributed by atoms with Crippen molar-refractivity contribution in [1.29, 1.82) is 0 Å². The number of amides is 1. The molecule has 1 aromatic carbocycles. The monoisotopic (exact) mass is 413 g/mol. The quantitative estimate of drug-likeness (QED) is 0.601. The van der Waals surface area contributed by atoms with Gasteiger partial charge in [-0.2, -0.15) is 0 Å². The molecule has 0 radical (unpaired) electrons. The molecule has 3 nitrogen and oxygen atoms in total. The summed E-state index contributed by atoms with van der Waals surface area (Å²) in [7, 11) is 0. The van der Waals surface area contributed by atoms with Crippen molar-refractivity contribution in [3.8, 4) is 11.8 Å². The number of benzene rings is 1. The minimum Gasteiger partial charge on any atom is -0.376 e. The zero-order valence-electron chi connectivity index (χ0n) is 18.1. The molecule has 1 atom stereocenters. The number of carbonyl (C=O) groups excluding carboxylic acids is 1. The van der Waals surface area contributed by atoms with Crippen molar-refractivity contribution in [3.05, 3.63) is 46.5 Å². The van der Waals surface area contributed by atoms with Crippen LogP contribution in [-0.4, -0.2) is 36.1 Å². The van der Waals surface area contributed by atoms with Crippen LogP contribution in [0.25, 0.3) is 0 Å². The van der Waals surface area contributed by atoms with Gasteiger partial charge in [-0.3, -0.25) is 4.79 Å². The molecule has 0 N–H and O–H groups in total. The number of hydrogen-bond acceptors (Lipinski definition) is 2. The summed E-state index contributed by atoms with van der Waals surface area (Å²) in [4.78, 5) is 15.0. The molecule has 0 saturated carbocycles. The fourth-order valence-electron chi connectivity index (χ4n) is 4.41. The number of nitrogens with zero attached hydrogens (tertiary/aromatic N) is 1. The van der Waals surface area contributed by atoms with Crippen molar-refractivity contribution in [1.82, 2.24) is 4.90 Å². The van der Waals surface area contributed by atoms with Crippen LogP contribution in [0.3, 0.4) is 0 Å². The van der Waals surface area contributed by atoms with Crippen LogP contribution in [0.1, 0.15) is 58.9 Å². The first-order valence-corrected chi connectivity index (χ1v) is 10.9. The highest BCUT2D eigenvalue weighted by Crippen LogP contribution is 2.36. The summed E-state index contributed by atoms with van der Waals surface area (Å²) in [6, 6.07) is 7.59. The summed E-state index contributed by atoms with van der Waals surface area (Å²) in [5, 5.41) is 0.699. The van der Waals surface area contributed by atoms with Gasteiger partial charge in [-0.1, -0.05) is 48.9 Å². The molecular weight excluding hydrogens is 382 g/mol. The first-order valence-electron chi connectivity index (χ1n) is 10.5. The molecule has 4 heteroatoms. The van der Waals surface area contributed by atoms with Crippen LogP contribution in [0.4, 0.5) is 0 Å². The third-order valence-electron chi connectivity index (χ3n) is 6.01. The lowest BCUT2D eigenvalue weighted by Gasteiger charge is -2.41. The van der Waals surface area contributed by atoms with Gasteiger partial charge in [0.05, 0.1) is 5.60 Å². The standard InChI is InChI=1S/C25H32ClNO2/c1-24(2)18-27(23(28)16-20-12-14-29-25(3,4)17-20)13-11-21(24)9-5-7-19-8-6-10-22(26)15-19/h6,8-10,15,20H,11-14,16-18H2,1-4H3/b21-9+. The van der Waals surface area contributed by atoms with Crippen molar-refractivity contribution in [3.63, 3.8) is 0 Å². The number of ether oxygens (including phenoxy) is 1. The Morgan fingerprint density at radius 2 is 2.14 bits per heavy atom. The van der Waals surface area contributed by atoms with Crippen LogP contribution in [-0.2, 0) is 9.53 Å². The second kappa shape index (κ2) is 8.94. The molecule has 29 heavy (non-hydrogen) atoms. The lowest BCUT2D eigenvalue weighted by atomic mass is 9.78. The van der Waals surface area contributed by atoms with Crippen molar-refractivity contribution in [2.45, 2.75) is 59.0 Å². The molecule has 0 aromatic heterocycles. The lowest BCUT2D eigenvalue weighted by molar-refractivity contribution is -0.136. The smallest absolute Gasteiger partial charge is 0.222 e. The predicted molar refractivity (Wildman–Crippen MR) is 119 cm³/mol. The fraction of sp³-hybridized carbons (Fsp3) is 0.560. The maximum Gasteiger partial charge on any atom is 0.222 e. The highest BCUT2D eigenvalue weighted by Gasteiger charge is 2.35.